The average Bonchev–Trinajstić information content (AvgIpc) is 2.69. The Kier molecular flexibility index (Phi) is 4.77. The molecule has 1 unspecified atom stereocenters. The van der Waals surface area contributed by atoms with Crippen LogP contribution < -0.4 is 0 Å². The first kappa shape index (κ1) is 17.8. The van der Waals surface area contributed by atoms with Crippen molar-refractivity contribution in [3.05, 3.63) is 94.3 Å². The van der Waals surface area contributed by atoms with E-state index in [9.17, 15) is 13.2 Å². The SMILES string of the molecule is CCc1ccc(C2CCc3cc(-c4ccc(F)c(F)c4)ccc3C2)c(F)c1. The Morgan fingerprint density at radius 1 is 0.778 bits per heavy atom. The fourth-order valence-electron chi connectivity index (χ4n) is 4.00. The summed E-state index contributed by atoms with van der Waals surface area (Å²) in [4.78, 5) is 0. The summed E-state index contributed by atoms with van der Waals surface area (Å²) in [6, 6.07) is 15.6. The van der Waals surface area contributed by atoms with Crippen molar-refractivity contribution in [1.82, 2.24) is 0 Å². The number of benzene rings is 3. The molecule has 3 aromatic rings. The van der Waals surface area contributed by atoms with Crippen LogP contribution in [0.15, 0.2) is 54.6 Å². The van der Waals surface area contributed by atoms with Crippen LogP contribution in [0, 0.1) is 17.5 Å². The standard InChI is InChI=1S/C24H21F3/c1-2-15-3-9-21(23(26)11-15)20-7-6-16-12-17(4-5-18(16)13-20)19-8-10-22(25)24(27)14-19/h3-5,8-12,14,20H,2,6-7,13H2,1H3. The summed E-state index contributed by atoms with van der Waals surface area (Å²) < 4.78 is 41.2. The third kappa shape index (κ3) is 3.51. The largest absolute Gasteiger partial charge is 0.207 e. The Labute approximate surface area is 157 Å². The van der Waals surface area contributed by atoms with Crippen LogP contribution in [0.2, 0.25) is 0 Å². The molecule has 0 heterocycles. The van der Waals surface area contributed by atoms with E-state index in [-0.39, 0.29) is 11.7 Å². The summed E-state index contributed by atoms with van der Waals surface area (Å²) in [7, 11) is 0. The van der Waals surface area contributed by atoms with Crippen LogP contribution in [0.3, 0.4) is 0 Å². The molecule has 0 aliphatic heterocycles. The molecule has 0 aromatic heterocycles. The van der Waals surface area contributed by atoms with E-state index >= 15 is 0 Å². The molecule has 1 atom stereocenters. The maximum atomic E-state index is 14.5. The zero-order chi connectivity index (χ0) is 19.0. The van der Waals surface area contributed by atoms with Gasteiger partial charge in [0.05, 0.1) is 0 Å². The van der Waals surface area contributed by atoms with Gasteiger partial charge in [0.2, 0.25) is 0 Å². The van der Waals surface area contributed by atoms with E-state index in [1.807, 2.05) is 31.2 Å². The van der Waals surface area contributed by atoms with Crippen LogP contribution in [-0.4, -0.2) is 0 Å². The van der Waals surface area contributed by atoms with Gasteiger partial charge in [0, 0.05) is 0 Å². The van der Waals surface area contributed by atoms with Crippen LogP contribution in [0.1, 0.15) is 41.5 Å². The molecule has 0 saturated heterocycles. The Morgan fingerprint density at radius 3 is 2.30 bits per heavy atom. The Balaban J connectivity index is 1.60. The average molecular weight is 366 g/mol. The molecule has 0 saturated carbocycles. The number of rotatable bonds is 3. The lowest BCUT2D eigenvalue weighted by atomic mass is 9.79. The topological polar surface area (TPSA) is 0 Å². The minimum Gasteiger partial charge on any atom is -0.207 e. The molecule has 0 amide bonds. The van der Waals surface area contributed by atoms with Crippen molar-refractivity contribution in [2.24, 2.45) is 0 Å². The van der Waals surface area contributed by atoms with Crippen molar-refractivity contribution in [3.63, 3.8) is 0 Å². The van der Waals surface area contributed by atoms with Gasteiger partial charge in [-0.05, 0) is 83.2 Å². The molecule has 0 radical (unpaired) electrons. The van der Waals surface area contributed by atoms with Gasteiger partial charge >= 0.3 is 0 Å². The van der Waals surface area contributed by atoms with Crippen molar-refractivity contribution >= 4 is 0 Å². The molecule has 0 bridgehead atoms. The highest BCUT2D eigenvalue weighted by atomic mass is 19.2. The highest BCUT2D eigenvalue weighted by Crippen LogP contribution is 2.36. The zero-order valence-corrected chi connectivity index (χ0v) is 15.2. The fourth-order valence-corrected chi connectivity index (χ4v) is 4.00. The number of hydrogen-bond donors (Lipinski definition) is 0. The molecule has 3 aromatic carbocycles. The molecule has 27 heavy (non-hydrogen) atoms. The van der Waals surface area contributed by atoms with Crippen LogP contribution in [0.25, 0.3) is 11.1 Å². The van der Waals surface area contributed by atoms with Crippen molar-refractivity contribution in [3.8, 4) is 11.1 Å². The first-order chi connectivity index (χ1) is 13.0. The molecule has 0 fully saturated rings. The first-order valence-corrected chi connectivity index (χ1v) is 9.40. The molecule has 1 aliphatic carbocycles. The third-order valence-corrected chi connectivity index (χ3v) is 5.60. The van der Waals surface area contributed by atoms with Crippen molar-refractivity contribution in [2.45, 2.75) is 38.5 Å². The quantitative estimate of drug-likeness (QED) is 0.489. The first-order valence-electron chi connectivity index (χ1n) is 9.40. The van der Waals surface area contributed by atoms with E-state index in [2.05, 4.69) is 6.07 Å². The van der Waals surface area contributed by atoms with Crippen LogP contribution in [0.5, 0.6) is 0 Å². The van der Waals surface area contributed by atoms with Crippen molar-refractivity contribution in [2.75, 3.05) is 0 Å². The normalized spacial score (nSPS) is 16.2. The Bertz CT molecular complexity index is 991. The van der Waals surface area contributed by atoms with Gasteiger partial charge in [-0.2, -0.15) is 0 Å². The van der Waals surface area contributed by atoms with Gasteiger partial charge in [-0.1, -0.05) is 43.3 Å². The highest BCUT2D eigenvalue weighted by molar-refractivity contribution is 5.65. The lowest BCUT2D eigenvalue weighted by molar-refractivity contribution is 0.509. The Morgan fingerprint density at radius 2 is 1.56 bits per heavy atom. The van der Waals surface area contributed by atoms with E-state index < -0.39 is 11.6 Å². The molecule has 0 spiro atoms. The molecule has 1 aliphatic rings. The van der Waals surface area contributed by atoms with Gasteiger partial charge in [0.1, 0.15) is 5.82 Å². The van der Waals surface area contributed by atoms with E-state index in [1.165, 1.54) is 17.2 Å². The molecule has 3 heteroatoms. The van der Waals surface area contributed by atoms with E-state index in [1.54, 1.807) is 12.1 Å². The highest BCUT2D eigenvalue weighted by Gasteiger charge is 2.23. The van der Waals surface area contributed by atoms with Gasteiger partial charge in [-0.3, -0.25) is 0 Å². The maximum Gasteiger partial charge on any atom is 0.159 e. The monoisotopic (exact) mass is 366 g/mol. The van der Waals surface area contributed by atoms with Crippen LogP contribution in [-0.2, 0) is 19.3 Å². The summed E-state index contributed by atoms with van der Waals surface area (Å²) in [5, 5.41) is 0. The van der Waals surface area contributed by atoms with Gasteiger partial charge in [-0.15, -0.1) is 0 Å². The summed E-state index contributed by atoms with van der Waals surface area (Å²) in [6.07, 6.45) is 3.37. The van der Waals surface area contributed by atoms with Crippen LogP contribution >= 0.6 is 0 Å². The molecule has 138 valence electrons. The lowest BCUT2D eigenvalue weighted by Gasteiger charge is -2.26. The van der Waals surface area contributed by atoms with E-state index in [0.29, 0.717) is 5.56 Å². The predicted octanol–water partition coefficient (Wildman–Crippen LogP) is 6.61. The molecule has 0 N–H and O–H groups in total. The van der Waals surface area contributed by atoms with E-state index in [0.717, 1.165) is 48.4 Å². The summed E-state index contributed by atoms with van der Waals surface area (Å²) in [5.74, 6) is -1.61. The molecular weight excluding hydrogens is 345 g/mol. The smallest absolute Gasteiger partial charge is 0.159 e. The lowest BCUT2D eigenvalue weighted by Crippen LogP contribution is -2.14. The zero-order valence-electron chi connectivity index (χ0n) is 15.2. The predicted molar refractivity (Wildman–Crippen MR) is 102 cm³/mol. The summed E-state index contributed by atoms with van der Waals surface area (Å²) >= 11 is 0. The third-order valence-electron chi connectivity index (χ3n) is 5.60. The maximum absolute atomic E-state index is 14.5. The van der Waals surface area contributed by atoms with Crippen LogP contribution in [0.4, 0.5) is 13.2 Å². The van der Waals surface area contributed by atoms with Crippen molar-refractivity contribution in [1.29, 1.82) is 0 Å². The summed E-state index contributed by atoms with van der Waals surface area (Å²) in [5.41, 5.74) is 5.77. The second-order valence-electron chi connectivity index (χ2n) is 7.26. The molecule has 4 rings (SSSR count). The van der Waals surface area contributed by atoms with Gasteiger partial charge < -0.3 is 0 Å². The van der Waals surface area contributed by atoms with Gasteiger partial charge in [0.25, 0.3) is 0 Å². The number of halogens is 3. The second kappa shape index (κ2) is 7.22. The number of fused-ring (bicyclic) bond motifs is 1. The Hall–Kier alpha value is -2.55. The van der Waals surface area contributed by atoms with Gasteiger partial charge in [0.15, 0.2) is 11.6 Å². The van der Waals surface area contributed by atoms with Gasteiger partial charge in [-0.25, -0.2) is 13.2 Å². The minimum absolute atomic E-state index is 0.110. The minimum atomic E-state index is -0.837. The number of hydrogen-bond acceptors (Lipinski definition) is 0. The second-order valence-corrected chi connectivity index (χ2v) is 7.26. The fraction of sp³-hybridized carbons (Fsp3) is 0.250. The molecule has 0 nitrogen and oxygen atoms in total. The number of aryl methyl sites for hydroxylation is 2. The van der Waals surface area contributed by atoms with Crippen molar-refractivity contribution < 1.29 is 13.2 Å². The summed E-state index contributed by atoms with van der Waals surface area (Å²) in [6.45, 7) is 2.02. The van der Waals surface area contributed by atoms with E-state index in [4.69, 9.17) is 0 Å². The molecular formula is C24H21F3.